The summed E-state index contributed by atoms with van der Waals surface area (Å²) in [5.41, 5.74) is 0.866. The van der Waals surface area contributed by atoms with Crippen LogP contribution in [0.1, 0.15) is 50.5 Å². The van der Waals surface area contributed by atoms with E-state index in [1.165, 1.54) is 18.6 Å². The van der Waals surface area contributed by atoms with Gasteiger partial charge in [-0.15, -0.1) is 0 Å². The number of carbonyl (C=O) groups is 2. The minimum absolute atomic E-state index is 0.0623. The van der Waals surface area contributed by atoms with Gasteiger partial charge in [-0.25, -0.2) is 4.39 Å². The molecule has 2 amide bonds. The van der Waals surface area contributed by atoms with Gasteiger partial charge in [0.15, 0.2) is 0 Å². The van der Waals surface area contributed by atoms with Crippen LogP contribution in [0.4, 0.5) is 4.39 Å². The van der Waals surface area contributed by atoms with E-state index in [2.05, 4.69) is 5.32 Å². The Labute approximate surface area is 147 Å². The van der Waals surface area contributed by atoms with Crippen molar-refractivity contribution in [2.75, 3.05) is 0 Å². The molecule has 2 aliphatic carbocycles. The molecule has 1 aliphatic heterocycles. The zero-order valence-electron chi connectivity index (χ0n) is 14.4. The molecule has 0 unspecified atom stereocenters. The molecule has 134 valence electrons. The minimum Gasteiger partial charge on any atom is -0.350 e. The summed E-state index contributed by atoms with van der Waals surface area (Å²) in [5.74, 6) is 0.464. The summed E-state index contributed by atoms with van der Waals surface area (Å²) in [4.78, 5) is 27.5. The Balaban J connectivity index is 1.45. The van der Waals surface area contributed by atoms with Gasteiger partial charge in [0.1, 0.15) is 11.9 Å². The third kappa shape index (κ3) is 3.42. The van der Waals surface area contributed by atoms with E-state index in [1.54, 1.807) is 12.1 Å². The van der Waals surface area contributed by atoms with Crippen LogP contribution in [0, 0.1) is 17.7 Å². The van der Waals surface area contributed by atoms with E-state index in [9.17, 15) is 14.0 Å². The van der Waals surface area contributed by atoms with E-state index in [0.29, 0.717) is 12.5 Å². The number of nitrogens with zero attached hydrogens (tertiary/aromatic N) is 1. The third-order valence-corrected chi connectivity index (χ3v) is 5.95. The van der Waals surface area contributed by atoms with Crippen molar-refractivity contribution in [3.05, 3.63) is 35.6 Å². The van der Waals surface area contributed by atoms with Gasteiger partial charge >= 0.3 is 0 Å². The zero-order valence-corrected chi connectivity index (χ0v) is 14.4. The number of amides is 2. The number of halogens is 1. The average molecular weight is 344 g/mol. The summed E-state index contributed by atoms with van der Waals surface area (Å²) in [7, 11) is 0. The molecule has 2 saturated carbocycles. The number of hydrogen-bond acceptors (Lipinski definition) is 2. The van der Waals surface area contributed by atoms with Gasteiger partial charge in [0.05, 0.1) is 0 Å². The molecular formula is C20H25FN2O2. The SMILES string of the molecule is O=C(NCc1ccc(F)cc1)[C@@H]1C[C@H]2CCCC[C@@H]2N1C(=O)C1CC1. The molecule has 5 heteroatoms. The van der Waals surface area contributed by atoms with Crippen molar-refractivity contribution < 1.29 is 14.0 Å². The smallest absolute Gasteiger partial charge is 0.243 e. The standard InChI is InChI=1S/C20H25FN2O2/c21-16-9-5-13(6-10-16)12-22-19(24)18-11-15-3-1-2-4-17(15)23(18)20(25)14-7-8-14/h5-6,9-10,14-15,17-18H,1-4,7-8,11-12H2,(H,22,24)/t15-,17+,18+/m1/s1. The Morgan fingerprint density at radius 3 is 2.52 bits per heavy atom. The molecule has 3 atom stereocenters. The van der Waals surface area contributed by atoms with Gasteiger partial charge in [-0.1, -0.05) is 25.0 Å². The maximum atomic E-state index is 13.0. The van der Waals surface area contributed by atoms with Crippen LogP contribution in [0.25, 0.3) is 0 Å². The van der Waals surface area contributed by atoms with Gasteiger partial charge in [0, 0.05) is 18.5 Å². The van der Waals surface area contributed by atoms with Crippen molar-refractivity contribution in [2.45, 2.75) is 63.6 Å². The van der Waals surface area contributed by atoms with Crippen molar-refractivity contribution >= 4 is 11.8 Å². The molecule has 1 N–H and O–H groups in total. The first-order chi connectivity index (χ1) is 12.1. The molecular weight excluding hydrogens is 319 g/mol. The fraction of sp³-hybridized carbons (Fsp3) is 0.600. The molecule has 4 nitrogen and oxygen atoms in total. The molecule has 4 rings (SSSR count). The maximum absolute atomic E-state index is 13.0. The summed E-state index contributed by atoms with van der Waals surface area (Å²) in [5, 5.41) is 2.96. The van der Waals surface area contributed by atoms with E-state index < -0.39 is 0 Å². The van der Waals surface area contributed by atoms with Crippen LogP contribution < -0.4 is 5.32 Å². The molecule has 1 aromatic rings. The largest absolute Gasteiger partial charge is 0.350 e. The fourth-order valence-corrected chi connectivity index (χ4v) is 4.46. The normalized spacial score (nSPS) is 28.5. The van der Waals surface area contributed by atoms with E-state index >= 15 is 0 Å². The second kappa shape index (κ2) is 6.77. The minimum atomic E-state index is -0.332. The van der Waals surface area contributed by atoms with Gasteiger partial charge in [0.2, 0.25) is 11.8 Å². The molecule has 1 heterocycles. The molecule has 1 aromatic carbocycles. The Kier molecular flexibility index (Phi) is 4.48. The fourth-order valence-electron chi connectivity index (χ4n) is 4.46. The van der Waals surface area contributed by atoms with Crippen molar-refractivity contribution in [2.24, 2.45) is 11.8 Å². The molecule has 3 fully saturated rings. The van der Waals surface area contributed by atoms with Crippen molar-refractivity contribution in [3.8, 4) is 0 Å². The number of benzene rings is 1. The quantitative estimate of drug-likeness (QED) is 0.913. The highest BCUT2D eigenvalue weighted by atomic mass is 19.1. The summed E-state index contributed by atoms with van der Waals surface area (Å²) in [6, 6.07) is 6.07. The number of carbonyl (C=O) groups excluding carboxylic acids is 2. The molecule has 3 aliphatic rings. The maximum Gasteiger partial charge on any atom is 0.243 e. The highest BCUT2D eigenvalue weighted by Crippen LogP contribution is 2.43. The lowest BCUT2D eigenvalue weighted by Crippen LogP contribution is -2.50. The van der Waals surface area contributed by atoms with E-state index in [4.69, 9.17) is 0 Å². The Bertz CT molecular complexity index is 656. The molecule has 0 bridgehead atoms. The van der Waals surface area contributed by atoms with Crippen molar-refractivity contribution in [3.63, 3.8) is 0 Å². The first-order valence-electron chi connectivity index (χ1n) is 9.48. The number of likely N-dealkylation sites (tertiary alicyclic amines) is 1. The lowest BCUT2D eigenvalue weighted by molar-refractivity contribution is -0.142. The Hall–Kier alpha value is -1.91. The number of hydrogen-bond donors (Lipinski definition) is 1. The summed E-state index contributed by atoms with van der Waals surface area (Å²) < 4.78 is 13.0. The molecule has 25 heavy (non-hydrogen) atoms. The van der Waals surface area contributed by atoms with Crippen LogP contribution in [0.2, 0.25) is 0 Å². The summed E-state index contributed by atoms with van der Waals surface area (Å²) >= 11 is 0. The number of nitrogens with one attached hydrogen (secondary N) is 1. The number of rotatable bonds is 4. The topological polar surface area (TPSA) is 49.4 Å². The molecule has 1 saturated heterocycles. The monoisotopic (exact) mass is 344 g/mol. The van der Waals surface area contributed by atoms with Crippen molar-refractivity contribution in [1.29, 1.82) is 0 Å². The van der Waals surface area contributed by atoms with E-state index in [0.717, 1.165) is 44.1 Å². The van der Waals surface area contributed by atoms with Crippen LogP contribution in [0.3, 0.4) is 0 Å². The Morgan fingerprint density at radius 2 is 1.80 bits per heavy atom. The second-order valence-corrected chi connectivity index (χ2v) is 7.73. The highest BCUT2D eigenvalue weighted by molar-refractivity contribution is 5.90. The van der Waals surface area contributed by atoms with Crippen molar-refractivity contribution in [1.82, 2.24) is 10.2 Å². The Morgan fingerprint density at radius 1 is 1.08 bits per heavy atom. The van der Waals surface area contributed by atoms with Gasteiger partial charge in [-0.2, -0.15) is 0 Å². The van der Waals surface area contributed by atoms with Gasteiger partial charge in [-0.05, 0) is 55.7 Å². The van der Waals surface area contributed by atoms with Gasteiger partial charge in [-0.3, -0.25) is 9.59 Å². The predicted molar refractivity (Wildman–Crippen MR) is 92.0 cm³/mol. The zero-order chi connectivity index (χ0) is 17.4. The van der Waals surface area contributed by atoms with Crippen LogP contribution in [0.5, 0.6) is 0 Å². The van der Waals surface area contributed by atoms with Crippen LogP contribution in [-0.4, -0.2) is 28.8 Å². The van der Waals surface area contributed by atoms with Crippen LogP contribution in [-0.2, 0) is 16.1 Å². The molecule has 0 spiro atoms. The molecule has 0 aromatic heterocycles. The summed E-state index contributed by atoms with van der Waals surface area (Å²) in [6.45, 7) is 0.371. The first-order valence-corrected chi connectivity index (χ1v) is 9.48. The van der Waals surface area contributed by atoms with Crippen LogP contribution in [0.15, 0.2) is 24.3 Å². The highest BCUT2D eigenvalue weighted by Gasteiger charge is 2.50. The van der Waals surface area contributed by atoms with Gasteiger partial charge in [0.25, 0.3) is 0 Å². The molecule has 0 radical (unpaired) electrons. The van der Waals surface area contributed by atoms with Crippen LogP contribution >= 0.6 is 0 Å². The lowest BCUT2D eigenvalue weighted by atomic mass is 9.84. The average Bonchev–Trinajstić information content (AvgIpc) is 3.40. The van der Waals surface area contributed by atoms with E-state index in [-0.39, 0.29) is 35.6 Å². The predicted octanol–water partition coefficient (Wildman–Crippen LogP) is 3.01. The van der Waals surface area contributed by atoms with Gasteiger partial charge < -0.3 is 10.2 Å². The third-order valence-electron chi connectivity index (χ3n) is 5.95. The first kappa shape index (κ1) is 16.6. The summed E-state index contributed by atoms with van der Waals surface area (Å²) in [6.07, 6.45) is 7.24. The number of fused-ring (bicyclic) bond motifs is 1. The lowest BCUT2D eigenvalue weighted by Gasteiger charge is -2.33. The van der Waals surface area contributed by atoms with E-state index in [1.807, 2.05) is 4.90 Å². The second-order valence-electron chi connectivity index (χ2n) is 7.73.